The lowest BCUT2D eigenvalue weighted by atomic mass is 10.3. The molecule has 108 valence electrons. The number of imidazole rings is 1. The molecule has 0 aromatic carbocycles. The number of pyridine rings is 1. The number of hydrogen-bond acceptors (Lipinski definition) is 4. The molecule has 6 heteroatoms. The molecule has 1 saturated heterocycles. The molecule has 0 saturated carbocycles. The molecular formula is C14H19ClN4S. The number of alkyl halides is 1. The van der Waals surface area contributed by atoms with Gasteiger partial charge in [0.25, 0.3) is 0 Å². The second-order valence-electron chi connectivity index (χ2n) is 5.06. The van der Waals surface area contributed by atoms with E-state index < -0.39 is 0 Å². The Morgan fingerprint density at radius 1 is 1.20 bits per heavy atom. The van der Waals surface area contributed by atoms with Gasteiger partial charge in [-0.1, -0.05) is 0 Å². The molecule has 0 radical (unpaired) electrons. The van der Waals surface area contributed by atoms with E-state index in [9.17, 15) is 0 Å². The van der Waals surface area contributed by atoms with Crippen LogP contribution < -0.4 is 0 Å². The molecule has 2 aromatic rings. The third-order valence-corrected chi connectivity index (χ3v) is 4.86. The quantitative estimate of drug-likeness (QED) is 0.813. The predicted octanol–water partition coefficient (Wildman–Crippen LogP) is 2.53. The minimum absolute atomic E-state index is 0.436. The van der Waals surface area contributed by atoms with Crippen molar-refractivity contribution in [2.24, 2.45) is 0 Å². The highest BCUT2D eigenvalue weighted by molar-refractivity contribution is 7.99. The van der Waals surface area contributed by atoms with E-state index in [-0.39, 0.29) is 0 Å². The predicted molar refractivity (Wildman–Crippen MR) is 85.6 cm³/mol. The summed E-state index contributed by atoms with van der Waals surface area (Å²) in [6.07, 6.45) is 0. The van der Waals surface area contributed by atoms with Crippen LogP contribution in [0.4, 0.5) is 0 Å². The summed E-state index contributed by atoms with van der Waals surface area (Å²) in [5.74, 6) is 3.84. The first kappa shape index (κ1) is 14.2. The summed E-state index contributed by atoms with van der Waals surface area (Å²) in [5, 5.41) is 0. The third kappa shape index (κ3) is 2.95. The number of halogens is 1. The summed E-state index contributed by atoms with van der Waals surface area (Å²) in [5.41, 5.74) is 2.93. The monoisotopic (exact) mass is 310 g/mol. The number of hydrogen-bond donors (Lipinski definition) is 0. The molecule has 1 aliphatic heterocycles. The van der Waals surface area contributed by atoms with Crippen LogP contribution in [-0.2, 0) is 12.4 Å². The lowest BCUT2D eigenvalue weighted by Gasteiger charge is -2.26. The summed E-state index contributed by atoms with van der Waals surface area (Å²) in [7, 11) is 0. The van der Waals surface area contributed by atoms with E-state index in [1.54, 1.807) is 0 Å². The average Bonchev–Trinajstić information content (AvgIpc) is 2.83. The Hall–Kier alpha value is -0.780. The summed E-state index contributed by atoms with van der Waals surface area (Å²) in [4.78, 5) is 11.7. The van der Waals surface area contributed by atoms with Crippen molar-refractivity contribution in [3.8, 4) is 0 Å². The van der Waals surface area contributed by atoms with Gasteiger partial charge in [0.15, 0.2) is 5.65 Å². The standard InChI is InChI=1S/C14H19ClN4S/c1-11-2-3-12-14(16-11)19(13(10-15)17-12)5-4-18-6-8-20-9-7-18/h2-3H,4-10H2,1H3. The zero-order chi connectivity index (χ0) is 13.9. The van der Waals surface area contributed by atoms with E-state index in [2.05, 4.69) is 19.4 Å². The highest BCUT2D eigenvalue weighted by Gasteiger charge is 2.14. The fourth-order valence-electron chi connectivity index (χ4n) is 2.55. The van der Waals surface area contributed by atoms with Crippen LogP contribution in [0.25, 0.3) is 11.2 Å². The highest BCUT2D eigenvalue weighted by atomic mass is 35.5. The number of aryl methyl sites for hydroxylation is 1. The topological polar surface area (TPSA) is 34.0 Å². The first-order chi connectivity index (χ1) is 9.78. The maximum Gasteiger partial charge on any atom is 0.160 e. The molecule has 0 atom stereocenters. The van der Waals surface area contributed by atoms with E-state index in [1.807, 2.05) is 30.8 Å². The van der Waals surface area contributed by atoms with Crippen LogP contribution in [0.5, 0.6) is 0 Å². The van der Waals surface area contributed by atoms with Gasteiger partial charge < -0.3 is 4.57 Å². The second kappa shape index (κ2) is 6.33. The van der Waals surface area contributed by atoms with E-state index in [0.717, 1.165) is 35.8 Å². The number of rotatable bonds is 4. The van der Waals surface area contributed by atoms with Gasteiger partial charge in [0.2, 0.25) is 0 Å². The van der Waals surface area contributed by atoms with Gasteiger partial charge >= 0.3 is 0 Å². The van der Waals surface area contributed by atoms with Crippen molar-refractivity contribution in [2.75, 3.05) is 31.1 Å². The zero-order valence-electron chi connectivity index (χ0n) is 11.7. The van der Waals surface area contributed by atoms with Crippen molar-refractivity contribution < 1.29 is 0 Å². The first-order valence-electron chi connectivity index (χ1n) is 6.97. The van der Waals surface area contributed by atoms with Crippen LogP contribution in [0.3, 0.4) is 0 Å². The Balaban J connectivity index is 1.83. The minimum Gasteiger partial charge on any atom is -0.310 e. The van der Waals surface area contributed by atoms with Gasteiger partial charge in [-0.05, 0) is 19.1 Å². The van der Waals surface area contributed by atoms with Crippen molar-refractivity contribution in [3.05, 3.63) is 23.7 Å². The summed E-state index contributed by atoms with van der Waals surface area (Å²) >= 11 is 8.08. The van der Waals surface area contributed by atoms with Crippen LogP contribution in [0.1, 0.15) is 11.5 Å². The van der Waals surface area contributed by atoms with Crippen LogP contribution in [-0.4, -0.2) is 50.6 Å². The largest absolute Gasteiger partial charge is 0.310 e. The third-order valence-electron chi connectivity index (χ3n) is 3.67. The lowest BCUT2D eigenvalue weighted by molar-refractivity contribution is 0.289. The Morgan fingerprint density at radius 3 is 2.75 bits per heavy atom. The fourth-order valence-corrected chi connectivity index (χ4v) is 3.73. The van der Waals surface area contributed by atoms with Crippen molar-refractivity contribution in [2.45, 2.75) is 19.3 Å². The molecule has 2 aromatic heterocycles. The van der Waals surface area contributed by atoms with Gasteiger partial charge in [-0.2, -0.15) is 11.8 Å². The SMILES string of the molecule is Cc1ccc2nc(CCl)n(CCN3CCSCC3)c2n1. The average molecular weight is 311 g/mol. The molecule has 0 amide bonds. The summed E-state index contributed by atoms with van der Waals surface area (Å²) in [6.45, 7) is 6.34. The van der Waals surface area contributed by atoms with Crippen molar-refractivity contribution in [3.63, 3.8) is 0 Å². The van der Waals surface area contributed by atoms with Gasteiger partial charge in [0, 0.05) is 43.4 Å². The van der Waals surface area contributed by atoms with Crippen LogP contribution in [0.2, 0.25) is 0 Å². The fraction of sp³-hybridized carbons (Fsp3) is 0.571. The molecule has 3 rings (SSSR count). The van der Waals surface area contributed by atoms with E-state index in [1.165, 1.54) is 24.6 Å². The van der Waals surface area contributed by atoms with Gasteiger partial charge in [0.1, 0.15) is 11.3 Å². The highest BCUT2D eigenvalue weighted by Crippen LogP contribution is 2.17. The molecule has 4 nitrogen and oxygen atoms in total. The van der Waals surface area contributed by atoms with E-state index in [0.29, 0.717) is 5.88 Å². The number of aromatic nitrogens is 3. The Morgan fingerprint density at radius 2 is 2.00 bits per heavy atom. The number of nitrogens with zero attached hydrogens (tertiary/aromatic N) is 4. The first-order valence-corrected chi connectivity index (χ1v) is 8.65. The summed E-state index contributed by atoms with van der Waals surface area (Å²) < 4.78 is 2.18. The maximum atomic E-state index is 6.04. The summed E-state index contributed by atoms with van der Waals surface area (Å²) in [6, 6.07) is 4.03. The molecule has 1 aliphatic rings. The van der Waals surface area contributed by atoms with Crippen LogP contribution >= 0.6 is 23.4 Å². The van der Waals surface area contributed by atoms with E-state index in [4.69, 9.17) is 11.6 Å². The molecule has 0 spiro atoms. The molecule has 20 heavy (non-hydrogen) atoms. The van der Waals surface area contributed by atoms with Crippen LogP contribution in [0, 0.1) is 6.92 Å². The zero-order valence-corrected chi connectivity index (χ0v) is 13.3. The second-order valence-corrected chi connectivity index (χ2v) is 6.55. The van der Waals surface area contributed by atoms with Gasteiger partial charge in [0.05, 0.1) is 5.88 Å². The van der Waals surface area contributed by atoms with Crippen molar-refractivity contribution in [1.82, 2.24) is 19.4 Å². The molecule has 0 unspecified atom stereocenters. The molecule has 0 N–H and O–H groups in total. The minimum atomic E-state index is 0.436. The maximum absolute atomic E-state index is 6.04. The molecule has 0 bridgehead atoms. The van der Waals surface area contributed by atoms with Gasteiger partial charge in [-0.3, -0.25) is 4.90 Å². The smallest absolute Gasteiger partial charge is 0.160 e. The van der Waals surface area contributed by atoms with Crippen molar-refractivity contribution in [1.29, 1.82) is 0 Å². The van der Waals surface area contributed by atoms with Gasteiger partial charge in [-0.25, -0.2) is 9.97 Å². The lowest BCUT2D eigenvalue weighted by Crippen LogP contribution is -2.35. The molecule has 3 heterocycles. The normalized spacial score (nSPS) is 16.9. The molecule has 0 aliphatic carbocycles. The van der Waals surface area contributed by atoms with E-state index >= 15 is 0 Å². The Kier molecular flexibility index (Phi) is 4.48. The van der Waals surface area contributed by atoms with Crippen LogP contribution in [0.15, 0.2) is 12.1 Å². The Bertz CT molecular complexity index is 592. The number of thioether (sulfide) groups is 1. The molecular weight excluding hydrogens is 292 g/mol. The molecule has 1 fully saturated rings. The van der Waals surface area contributed by atoms with Crippen molar-refractivity contribution >= 4 is 34.5 Å². The number of fused-ring (bicyclic) bond motifs is 1. The van der Waals surface area contributed by atoms with Gasteiger partial charge in [-0.15, -0.1) is 11.6 Å². The Labute approximate surface area is 128 Å².